The van der Waals surface area contributed by atoms with Gasteiger partial charge in [-0.15, -0.1) is 0 Å². The maximum Gasteiger partial charge on any atom is 0.407 e. The summed E-state index contributed by atoms with van der Waals surface area (Å²) < 4.78 is 5.56. The van der Waals surface area contributed by atoms with E-state index in [0.717, 1.165) is 22.3 Å². The lowest BCUT2D eigenvalue weighted by molar-refractivity contribution is -0.137. The van der Waals surface area contributed by atoms with Crippen LogP contribution in [0.25, 0.3) is 11.1 Å². The number of carbonyl (C=O) groups is 3. The van der Waals surface area contributed by atoms with Gasteiger partial charge in [0.15, 0.2) is 0 Å². The van der Waals surface area contributed by atoms with Gasteiger partial charge in [0.2, 0.25) is 5.91 Å². The number of aliphatic carboxylic acids is 1. The number of benzene rings is 2. The standard InChI is InChI=1S/C25H30N2O5/c1-4-15(2)23(24(30)26-16(3)13-22(28)29)27-25(31)32-14-21-19-11-7-5-9-17(19)18-10-6-8-12-20(18)21/h5-12,15-16,21,23H,4,13-14H2,1-3H3,(H,26,30)(H,27,31)(H,28,29)/t15-,16+,23-/m0/s1. The van der Waals surface area contributed by atoms with Gasteiger partial charge in [-0.25, -0.2) is 4.79 Å². The summed E-state index contributed by atoms with van der Waals surface area (Å²) in [5.74, 6) is -1.63. The highest BCUT2D eigenvalue weighted by molar-refractivity contribution is 5.86. The third-order valence-corrected chi connectivity index (χ3v) is 5.98. The largest absolute Gasteiger partial charge is 0.481 e. The molecule has 0 bridgehead atoms. The van der Waals surface area contributed by atoms with Crippen LogP contribution in [0.15, 0.2) is 48.5 Å². The average molecular weight is 439 g/mol. The fourth-order valence-electron chi connectivity index (χ4n) is 4.11. The number of carbonyl (C=O) groups excluding carboxylic acids is 2. The molecule has 0 aromatic heterocycles. The number of fused-ring (bicyclic) bond motifs is 3. The number of alkyl carbamates (subject to hydrolysis) is 1. The topological polar surface area (TPSA) is 105 Å². The molecule has 32 heavy (non-hydrogen) atoms. The summed E-state index contributed by atoms with van der Waals surface area (Å²) in [5, 5.41) is 14.3. The molecule has 0 aliphatic heterocycles. The van der Waals surface area contributed by atoms with Gasteiger partial charge in [-0.2, -0.15) is 0 Å². The van der Waals surface area contributed by atoms with Crippen molar-refractivity contribution in [2.75, 3.05) is 6.61 Å². The fourth-order valence-corrected chi connectivity index (χ4v) is 4.11. The second-order valence-corrected chi connectivity index (χ2v) is 8.34. The fraction of sp³-hybridized carbons (Fsp3) is 0.400. The smallest absolute Gasteiger partial charge is 0.407 e. The average Bonchev–Trinajstić information content (AvgIpc) is 3.08. The van der Waals surface area contributed by atoms with Crippen LogP contribution in [0.1, 0.15) is 50.7 Å². The monoisotopic (exact) mass is 438 g/mol. The molecule has 3 rings (SSSR count). The molecule has 0 heterocycles. The lowest BCUT2D eigenvalue weighted by atomic mass is 9.98. The zero-order chi connectivity index (χ0) is 23.3. The van der Waals surface area contributed by atoms with Crippen LogP contribution in [-0.4, -0.2) is 41.8 Å². The molecule has 1 aliphatic rings. The van der Waals surface area contributed by atoms with Crippen molar-refractivity contribution in [3.8, 4) is 11.1 Å². The van der Waals surface area contributed by atoms with Crippen molar-refractivity contribution in [2.45, 2.75) is 51.6 Å². The highest BCUT2D eigenvalue weighted by Gasteiger charge is 2.31. The second-order valence-electron chi connectivity index (χ2n) is 8.34. The molecule has 3 atom stereocenters. The molecular weight excluding hydrogens is 408 g/mol. The number of carboxylic acid groups (broad SMARTS) is 1. The van der Waals surface area contributed by atoms with Crippen LogP contribution in [0.3, 0.4) is 0 Å². The Morgan fingerprint density at radius 2 is 1.53 bits per heavy atom. The van der Waals surface area contributed by atoms with Crippen LogP contribution in [0.2, 0.25) is 0 Å². The summed E-state index contributed by atoms with van der Waals surface area (Å²) in [7, 11) is 0. The van der Waals surface area contributed by atoms with E-state index in [1.807, 2.05) is 50.2 Å². The van der Waals surface area contributed by atoms with Crippen molar-refractivity contribution < 1.29 is 24.2 Å². The van der Waals surface area contributed by atoms with E-state index in [-0.39, 0.29) is 24.9 Å². The van der Waals surface area contributed by atoms with Crippen LogP contribution >= 0.6 is 0 Å². The summed E-state index contributed by atoms with van der Waals surface area (Å²) in [6.07, 6.45) is -0.197. The third-order valence-electron chi connectivity index (χ3n) is 5.98. The molecule has 170 valence electrons. The third kappa shape index (κ3) is 5.28. The number of amides is 2. The summed E-state index contributed by atoms with van der Waals surface area (Å²) in [4.78, 5) is 36.2. The Bertz CT molecular complexity index is 944. The van der Waals surface area contributed by atoms with Crippen molar-refractivity contribution >= 4 is 18.0 Å². The van der Waals surface area contributed by atoms with Crippen molar-refractivity contribution in [2.24, 2.45) is 5.92 Å². The van der Waals surface area contributed by atoms with E-state index in [2.05, 4.69) is 22.8 Å². The number of rotatable bonds is 9. The minimum absolute atomic E-state index is 0.0698. The van der Waals surface area contributed by atoms with Crippen molar-refractivity contribution in [1.29, 1.82) is 0 Å². The van der Waals surface area contributed by atoms with Gasteiger partial charge in [0.25, 0.3) is 0 Å². The molecule has 7 heteroatoms. The molecule has 2 aromatic carbocycles. The van der Waals surface area contributed by atoms with E-state index in [9.17, 15) is 14.4 Å². The lowest BCUT2D eigenvalue weighted by Crippen LogP contribution is -2.52. The summed E-state index contributed by atoms with van der Waals surface area (Å²) >= 11 is 0. The van der Waals surface area contributed by atoms with Gasteiger partial charge in [0.05, 0.1) is 6.42 Å². The van der Waals surface area contributed by atoms with Crippen LogP contribution in [0, 0.1) is 5.92 Å². The first-order valence-corrected chi connectivity index (χ1v) is 11.0. The van der Waals surface area contributed by atoms with E-state index in [1.165, 1.54) is 0 Å². The Hall–Kier alpha value is -3.35. The molecule has 0 fully saturated rings. The molecule has 0 saturated heterocycles. The quantitative estimate of drug-likeness (QED) is 0.550. The van der Waals surface area contributed by atoms with E-state index in [4.69, 9.17) is 9.84 Å². The van der Waals surface area contributed by atoms with Gasteiger partial charge in [-0.1, -0.05) is 68.8 Å². The van der Waals surface area contributed by atoms with E-state index in [0.29, 0.717) is 6.42 Å². The van der Waals surface area contributed by atoms with Gasteiger partial charge in [0.1, 0.15) is 12.6 Å². The molecule has 2 amide bonds. The minimum atomic E-state index is -0.998. The highest BCUT2D eigenvalue weighted by atomic mass is 16.5. The Balaban J connectivity index is 1.66. The predicted molar refractivity (Wildman–Crippen MR) is 121 cm³/mol. The first kappa shape index (κ1) is 23.3. The number of ether oxygens (including phenoxy) is 1. The van der Waals surface area contributed by atoms with Gasteiger partial charge < -0.3 is 20.5 Å². The van der Waals surface area contributed by atoms with Crippen LogP contribution < -0.4 is 10.6 Å². The predicted octanol–water partition coefficient (Wildman–Crippen LogP) is 3.92. The molecule has 3 N–H and O–H groups in total. The van der Waals surface area contributed by atoms with E-state index in [1.54, 1.807) is 6.92 Å². The molecular formula is C25H30N2O5. The SMILES string of the molecule is CC[C@H](C)[C@H](NC(=O)OCC1c2ccccc2-c2ccccc21)C(=O)N[C@H](C)CC(=O)O. The first-order valence-electron chi connectivity index (χ1n) is 11.0. The number of carboxylic acids is 1. The molecule has 2 aromatic rings. The molecule has 0 spiro atoms. The van der Waals surface area contributed by atoms with Crippen molar-refractivity contribution in [1.82, 2.24) is 10.6 Å². The van der Waals surface area contributed by atoms with E-state index >= 15 is 0 Å². The first-order chi connectivity index (χ1) is 15.3. The summed E-state index contributed by atoms with van der Waals surface area (Å²) in [6, 6.07) is 14.8. The molecule has 7 nitrogen and oxygen atoms in total. The maximum atomic E-state index is 12.7. The van der Waals surface area contributed by atoms with Gasteiger partial charge in [-0.3, -0.25) is 9.59 Å². The van der Waals surface area contributed by atoms with Crippen LogP contribution in [0.4, 0.5) is 4.79 Å². The normalized spacial score (nSPS) is 15.1. The molecule has 0 unspecified atom stereocenters. The summed E-state index contributed by atoms with van der Waals surface area (Å²) in [6.45, 7) is 5.55. The van der Waals surface area contributed by atoms with Gasteiger partial charge in [-0.05, 0) is 35.1 Å². The zero-order valence-corrected chi connectivity index (χ0v) is 18.6. The highest BCUT2D eigenvalue weighted by Crippen LogP contribution is 2.44. The van der Waals surface area contributed by atoms with Crippen molar-refractivity contribution in [3.05, 3.63) is 59.7 Å². The summed E-state index contributed by atoms with van der Waals surface area (Å²) in [5.41, 5.74) is 4.50. The van der Waals surface area contributed by atoms with Crippen LogP contribution in [0.5, 0.6) is 0 Å². The Kier molecular flexibility index (Phi) is 7.51. The van der Waals surface area contributed by atoms with Crippen molar-refractivity contribution in [3.63, 3.8) is 0 Å². The molecule has 0 saturated carbocycles. The molecule has 1 aliphatic carbocycles. The lowest BCUT2D eigenvalue weighted by Gasteiger charge is -2.25. The van der Waals surface area contributed by atoms with Gasteiger partial charge in [0, 0.05) is 12.0 Å². The van der Waals surface area contributed by atoms with E-state index < -0.39 is 30.1 Å². The second kappa shape index (κ2) is 10.3. The number of nitrogens with one attached hydrogen (secondary N) is 2. The van der Waals surface area contributed by atoms with Crippen LogP contribution in [-0.2, 0) is 14.3 Å². The Morgan fingerprint density at radius 1 is 0.969 bits per heavy atom. The zero-order valence-electron chi connectivity index (χ0n) is 18.6. The Labute approximate surface area is 188 Å². The minimum Gasteiger partial charge on any atom is -0.481 e. The Morgan fingerprint density at radius 3 is 2.06 bits per heavy atom. The van der Waals surface area contributed by atoms with Gasteiger partial charge >= 0.3 is 12.1 Å². The molecule has 0 radical (unpaired) electrons. The number of hydrogen-bond donors (Lipinski definition) is 3. The number of hydrogen-bond acceptors (Lipinski definition) is 4. The maximum absolute atomic E-state index is 12.7.